The molecule has 3 rings (SSSR count). The van der Waals surface area contributed by atoms with Crippen LogP contribution in [-0.4, -0.2) is 30.9 Å². The number of pyridine rings is 1. The number of fused-ring (bicyclic) bond motifs is 1. The number of aromatic nitrogens is 1. The number of ether oxygens (including phenoxy) is 2. The number of hydrogen-bond donors (Lipinski definition) is 2. The molecular weight excluding hydrogens is 316 g/mol. The number of hydrogen-bond acceptors (Lipinski definition) is 5. The van der Waals surface area contributed by atoms with E-state index < -0.39 is 0 Å². The predicted molar refractivity (Wildman–Crippen MR) is 98.4 cm³/mol. The van der Waals surface area contributed by atoms with Gasteiger partial charge in [0.05, 0.1) is 19.7 Å². The first kappa shape index (κ1) is 17.0. The number of benzene rings is 2. The fourth-order valence-electron chi connectivity index (χ4n) is 2.87. The molecule has 0 aliphatic carbocycles. The third-order valence-electron chi connectivity index (χ3n) is 4.16. The molecule has 3 aromatic rings. The molecule has 5 nitrogen and oxygen atoms in total. The van der Waals surface area contributed by atoms with Crippen molar-refractivity contribution in [3.63, 3.8) is 0 Å². The predicted octanol–water partition coefficient (Wildman–Crippen LogP) is 3.29. The number of para-hydroxylation sites is 1. The van der Waals surface area contributed by atoms with E-state index in [9.17, 15) is 5.11 Å². The SMILES string of the molecule is COc1cc(CNCCc2cccc3cccnc23)cc(OC)c1O. The number of phenols is 1. The van der Waals surface area contributed by atoms with E-state index in [0.29, 0.717) is 18.0 Å². The van der Waals surface area contributed by atoms with E-state index in [1.54, 1.807) is 0 Å². The molecule has 1 aromatic heterocycles. The van der Waals surface area contributed by atoms with Gasteiger partial charge in [0, 0.05) is 18.1 Å². The number of rotatable bonds is 7. The van der Waals surface area contributed by atoms with E-state index >= 15 is 0 Å². The molecule has 0 bridgehead atoms. The van der Waals surface area contributed by atoms with E-state index in [2.05, 4.69) is 34.6 Å². The van der Waals surface area contributed by atoms with Crippen LogP contribution in [0, 0.1) is 0 Å². The first-order chi connectivity index (χ1) is 12.2. The Balaban J connectivity index is 1.63. The van der Waals surface area contributed by atoms with Crippen molar-refractivity contribution < 1.29 is 14.6 Å². The van der Waals surface area contributed by atoms with Crippen LogP contribution in [0.2, 0.25) is 0 Å². The second-order valence-corrected chi connectivity index (χ2v) is 5.77. The van der Waals surface area contributed by atoms with Gasteiger partial charge >= 0.3 is 0 Å². The average Bonchev–Trinajstić information content (AvgIpc) is 2.66. The zero-order valence-electron chi connectivity index (χ0n) is 14.5. The fourth-order valence-corrected chi connectivity index (χ4v) is 2.87. The molecule has 0 fully saturated rings. The summed E-state index contributed by atoms with van der Waals surface area (Å²) in [6.45, 7) is 1.48. The van der Waals surface area contributed by atoms with Crippen molar-refractivity contribution in [2.24, 2.45) is 0 Å². The van der Waals surface area contributed by atoms with Gasteiger partial charge in [0.15, 0.2) is 11.5 Å². The van der Waals surface area contributed by atoms with Gasteiger partial charge in [0.2, 0.25) is 5.75 Å². The average molecular weight is 338 g/mol. The van der Waals surface area contributed by atoms with Gasteiger partial charge in [-0.2, -0.15) is 0 Å². The summed E-state index contributed by atoms with van der Waals surface area (Å²) >= 11 is 0. The zero-order valence-corrected chi connectivity index (χ0v) is 14.5. The number of methoxy groups -OCH3 is 2. The standard InChI is InChI=1S/C20H22N2O3/c1-24-17-11-14(12-18(25-2)20(17)23)13-21-10-8-16-6-3-5-15-7-4-9-22-19(15)16/h3-7,9,11-12,21,23H,8,10,13H2,1-2H3. The van der Waals surface area contributed by atoms with Crippen LogP contribution in [0.25, 0.3) is 10.9 Å². The fraction of sp³-hybridized carbons (Fsp3) is 0.250. The van der Waals surface area contributed by atoms with Gasteiger partial charge in [-0.1, -0.05) is 24.3 Å². The van der Waals surface area contributed by atoms with E-state index in [4.69, 9.17) is 9.47 Å². The molecule has 0 saturated heterocycles. The largest absolute Gasteiger partial charge is 0.502 e. The van der Waals surface area contributed by atoms with Crippen molar-refractivity contribution in [3.8, 4) is 17.2 Å². The smallest absolute Gasteiger partial charge is 0.200 e. The molecule has 2 aromatic carbocycles. The highest BCUT2D eigenvalue weighted by Crippen LogP contribution is 2.37. The first-order valence-corrected chi connectivity index (χ1v) is 8.20. The molecule has 25 heavy (non-hydrogen) atoms. The first-order valence-electron chi connectivity index (χ1n) is 8.20. The highest BCUT2D eigenvalue weighted by Gasteiger charge is 2.11. The summed E-state index contributed by atoms with van der Waals surface area (Å²) in [6.07, 6.45) is 2.72. The highest BCUT2D eigenvalue weighted by atomic mass is 16.5. The van der Waals surface area contributed by atoms with Crippen molar-refractivity contribution >= 4 is 10.9 Å². The Morgan fingerprint density at radius 3 is 2.48 bits per heavy atom. The van der Waals surface area contributed by atoms with Crippen molar-refractivity contribution in [2.75, 3.05) is 20.8 Å². The molecule has 5 heteroatoms. The Morgan fingerprint density at radius 1 is 1.04 bits per heavy atom. The third kappa shape index (κ3) is 3.83. The maximum atomic E-state index is 9.96. The van der Waals surface area contributed by atoms with E-state index in [1.165, 1.54) is 19.8 Å². The van der Waals surface area contributed by atoms with Gasteiger partial charge in [-0.15, -0.1) is 0 Å². The normalized spacial score (nSPS) is 10.8. The minimum atomic E-state index is 0.0237. The minimum Gasteiger partial charge on any atom is -0.502 e. The van der Waals surface area contributed by atoms with E-state index in [-0.39, 0.29) is 5.75 Å². The summed E-state index contributed by atoms with van der Waals surface area (Å²) in [5.74, 6) is 0.847. The molecule has 0 aliphatic heterocycles. The Labute approximate surface area is 147 Å². The van der Waals surface area contributed by atoms with Crippen molar-refractivity contribution in [1.82, 2.24) is 10.3 Å². The molecule has 130 valence electrons. The Bertz CT molecular complexity index is 834. The van der Waals surface area contributed by atoms with Crippen LogP contribution in [-0.2, 0) is 13.0 Å². The third-order valence-corrected chi connectivity index (χ3v) is 4.16. The van der Waals surface area contributed by atoms with Gasteiger partial charge in [-0.25, -0.2) is 0 Å². The lowest BCUT2D eigenvalue weighted by Crippen LogP contribution is -2.17. The van der Waals surface area contributed by atoms with E-state index in [1.807, 2.05) is 24.4 Å². The molecule has 1 heterocycles. The van der Waals surface area contributed by atoms with Crippen molar-refractivity contribution in [3.05, 3.63) is 59.8 Å². The summed E-state index contributed by atoms with van der Waals surface area (Å²) in [7, 11) is 3.05. The van der Waals surface area contributed by atoms with Crippen LogP contribution < -0.4 is 14.8 Å². The highest BCUT2D eigenvalue weighted by molar-refractivity contribution is 5.81. The van der Waals surface area contributed by atoms with Gasteiger partial charge in [-0.3, -0.25) is 4.98 Å². The molecule has 0 saturated carbocycles. The van der Waals surface area contributed by atoms with Gasteiger partial charge < -0.3 is 19.9 Å². The molecule has 0 unspecified atom stereocenters. The van der Waals surface area contributed by atoms with Crippen LogP contribution in [0.5, 0.6) is 17.2 Å². The number of nitrogens with zero attached hydrogens (tertiary/aromatic N) is 1. The maximum Gasteiger partial charge on any atom is 0.200 e. The van der Waals surface area contributed by atoms with E-state index in [0.717, 1.165) is 29.4 Å². The second kappa shape index (κ2) is 7.85. The quantitative estimate of drug-likeness (QED) is 0.647. The van der Waals surface area contributed by atoms with Crippen LogP contribution in [0.1, 0.15) is 11.1 Å². The van der Waals surface area contributed by atoms with Crippen LogP contribution in [0.3, 0.4) is 0 Å². The topological polar surface area (TPSA) is 63.6 Å². The Kier molecular flexibility index (Phi) is 5.36. The molecule has 0 aliphatic rings. The summed E-state index contributed by atoms with van der Waals surface area (Å²) < 4.78 is 10.4. The number of aromatic hydroxyl groups is 1. The molecule has 0 radical (unpaired) electrons. The minimum absolute atomic E-state index is 0.0237. The molecule has 0 amide bonds. The number of nitrogens with one attached hydrogen (secondary N) is 1. The molecule has 0 spiro atoms. The summed E-state index contributed by atoms with van der Waals surface area (Å²) in [5.41, 5.74) is 3.27. The lowest BCUT2D eigenvalue weighted by Gasteiger charge is -2.12. The Hall–Kier alpha value is -2.79. The maximum absolute atomic E-state index is 9.96. The molecule has 2 N–H and O–H groups in total. The molecule has 0 atom stereocenters. The van der Waals surface area contributed by atoms with Crippen LogP contribution in [0.4, 0.5) is 0 Å². The van der Waals surface area contributed by atoms with Crippen molar-refractivity contribution in [1.29, 1.82) is 0 Å². The monoisotopic (exact) mass is 338 g/mol. The molecular formula is C20H22N2O3. The van der Waals surface area contributed by atoms with Crippen molar-refractivity contribution in [2.45, 2.75) is 13.0 Å². The summed E-state index contributed by atoms with van der Waals surface area (Å²) in [4.78, 5) is 4.48. The zero-order chi connectivity index (χ0) is 17.6. The van der Waals surface area contributed by atoms with Gasteiger partial charge in [-0.05, 0) is 42.3 Å². The number of phenolic OH excluding ortho intramolecular Hbond substituents is 1. The van der Waals surface area contributed by atoms with Crippen LogP contribution >= 0.6 is 0 Å². The second-order valence-electron chi connectivity index (χ2n) is 5.77. The van der Waals surface area contributed by atoms with Gasteiger partial charge in [0.25, 0.3) is 0 Å². The van der Waals surface area contributed by atoms with Crippen LogP contribution in [0.15, 0.2) is 48.7 Å². The lowest BCUT2D eigenvalue weighted by atomic mass is 10.1. The lowest BCUT2D eigenvalue weighted by molar-refractivity contribution is 0.339. The Morgan fingerprint density at radius 2 is 1.76 bits per heavy atom. The summed E-state index contributed by atoms with van der Waals surface area (Å²) in [6, 6.07) is 13.9. The van der Waals surface area contributed by atoms with Gasteiger partial charge in [0.1, 0.15) is 0 Å². The summed E-state index contributed by atoms with van der Waals surface area (Å²) in [5, 5.41) is 14.5.